The van der Waals surface area contributed by atoms with Crippen molar-refractivity contribution in [3.8, 4) is 5.82 Å². The average Bonchev–Trinajstić information content (AvgIpc) is 3.04. The molecular weight excluding hydrogens is 264 g/mol. The largest absolute Gasteiger partial charge is 0.289 e. The molecule has 21 heavy (non-hydrogen) atoms. The molecule has 106 valence electrons. The van der Waals surface area contributed by atoms with Gasteiger partial charge in [0.15, 0.2) is 5.82 Å². The first kappa shape index (κ1) is 13.3. The molecule has 0 atom stereocenters. The van der Waals surface area contributed by atoms with Gasteiger partial charge in [0.25, 0.3) is 5.56 Å². The zero-order valence-electron chi connectivity index (χ0n) is 11.6. The van der Waals surface area contributed by atoms with Crippen molar-refractivity contribution in [1.82, 2.24) is 19.3 Å². The molecule has 1 aromatic carbocycles. The van der Waals surface area contributed by atoms with Gasteiger partial charge in [-0.25, -0.2) is 9.67 Å². The SMILES string of the molecule is O=c1ccc(-n2ccnc2)nn1CCCc1ccccc1. The molecule has 2 heterocycles. The molecule has 5 heteroatoms. The van der Waals surface area contributed by atoms with Crippen LogP contribution in [0.4, 0.5) is 0 Å². The molecule has 0 amide bonds. The van der Waals surface area contributed by atoms with Gasteiger partial charge in [-0.1, -0.05) is 30.3 Å². The van der Waals surface area contributed by atoms with Gasteiger partial charge in [-0.15, -0.1) is 0 Å². The Morgan fingerprint density at radius 2 is 1.90 bits per heavy atom. The van der Waals surface area contributed by atoms with Gasteiger partial charge in [0.2, 0.25) is 0 Å². The quantitative estimate of drug-likeness (QED) is 0.719. The predicted octanol–water partition coefficient (Wildman–Crippen LogP) is 2.06. The van der Waals surface area contributed by atoms with E-state index in [-0.39, 0.29) is 5.56 Å². The highest BCUT2D eigenvalue weighted by molar-refractivity contribution is 5.19. The van der Waals surface area contributed by atoms with E-state index in [1.54, 1.807) is 35.4 Å². The van der Waals surface area contributed by atoms with E-state index in [4.69, 9.17) is 0 Å². The van der Waals surface area contributed by atoms with Crippen molar-refractivity contribution >= 4 is 0 Å². The van der Waals surface area contributed by atoms with Crippen LogP contribution in [0.5, 0.6) is 0 Å². The third kappa shape index (κ3) is 3.25. The molecule has 5 nitrogen and oxygen atoms in total. The molecule has 0 saturated heterocycles. The van der Waals surface area contributed by atoms with E-state index in [2.05, 4.69) is 22.2 Å². The average molecular weight is 280 g/mol. The van der Waals surface area contributed by atoms with Gasteiger partial charge in [-0.3, -0.25) is 9.36 Å². The van der Waals surface area contributed by atoms with Gasteiger partial charge in [0.05, 0.1) is 0 Å². The van der Waals surface area contributed by atoms with Crippen molar-refractivity contribution in [1.29, 1.82) is 0 Å². The zero-order valence-corrected chi connectivity index (χ0v) is 11.6. The van der Waals surface area contributed by atoms with E-state index in [0.717, 1.165) is 12.8 Å². The van der Waals surface area contributed by atoms with Crippen LogP contribution < -0.4 is 5.56 Å². The lowest BCUT2D eigenvalue weighted by Gasteiger charge is -2.07. The first-order valence-electron chi connectivity index (χ1n) is 6.93. The topological polar surface area (TPSA) is 52.7 Å². The number of aryl methyl sites for hydroxylation is 2. The first-order chi connectivity index (χ1) is 10.3. The standard InChI is InChI=1S/C16H16N4O/c21-16-9-8-15(19-12-10-17-13-19)18-20(16)11-4-7-14-5-2-1-3-6-14/h1-3,5-6,8-10,12-13H,4,7,11H2. The second-order valence-corrected chi connectivity index (χ2v) is 4.81. The third-order valence-corrected chi connectivity index (χ3v) is 3.30. The van der Waals surface area contributed by atoms with Gasteiger partial charge in [-0.2, -0.15) is 5.10 Å². The summed E-state index contributed by atoms with van der Waals surface area (Å²) in [4.78, 5) is 15.8. The normalized spacial score (nSPS) is 10.7. The van der Waals surface area contributed by atoms with Crippen LogP contribution in [-0.4, -0.2) is 19.3 Å². The van der Waals surface area contributed by atoms with Gasteiger partial charge in [0.1, 0.15) is 6.33 Å². The maximum atomic E-state index is 11.9. The Hall–Kier alpha value is -2.69. The summed E-state index contributed by atoms with van der Waals surface area (Å²) in [7, 11) is 0. The molecule has 0 N–H and O–H groups in total. The number of aromatic nitrogens is 4. The van der Waals surface area contributed by atoms with Crippen LogP contribution in [-0.2, 0) is 13.0 Å². The monoisotopic (exact) mass is 280 g/mol. The number of rotatable bonds is 5. The lowest BCUT2D eigenvalue weighted by Crippen LogP contribution is -2.23. The lowest BCUT2D eigenvalue weighted by molar-refractivity contribution is 0.543. The molecule has 0 aliphatic heterocycles. The van der Waals surface area contributed by atoms with E-state index in [0.29, 0.717) is 12.4 Å². The van der Waals surface area contributed by atoms with Crippen LogP contribution in [0.1, 0.15) is 12.0 Å². The molecule has 0 radical (unpaired) electrons. The minimum Gasteiger partial charge on any atom is -0.289 e. The fourth-order valence-electron chi connectivity index (χ4n) is 2.21. The van der Waals surface area contributed by atoms with Gasteiger partial charge in [-0.05, 0) is 24.5 Å². The maximum Gasteiger partial charge on any atom is 0.266 e. The molecule has 2 aromatic heterocycles. The Bertz CT molecular complexity index is 747. The maximum absolute atomic E-state index is 11.9. The second kappa shape index (κ2) is 6.17. The third-order valence-electron chi connectivity index (χ3n) is 3.30. The summed E-state index contributed by atoms with van der Waals surface area (Å²) in [6.07, 6.45) is 6.98. The van der Waals surface area contributed by atoms with Crippen LogP contribution in [0.2, 0.25) is 0 Å². The minimum atomic E-state index is -0.0769. The highest BCUT2D eigenvalue weighted by Gasteiger charge is 2.02. The number of nitrogens with zero attached hydrogens (tertiary/aromatic N) is 4. The molecule has 3 rings (SSSR count). The lowest BCUT2D eigenvalue weighted by atomic mass is 10.1. The summed E-state index contributed by atoms with van der Waals surface area (Å²) in [6.45, 7) is 0.607. The predicted molar refractivity (Wildman–Crippen MR) is 80.4 cm³/mol. The smallest absolute Gasteiger partial charge is 0.266 e. The van der Waals surface area contributed by atoms with Crippen LogP contribution in [0.3, 0.4) is 0 Å². The van der Waals surface area contributed by atoms with E-state index >= 15 is 0 Å². The Morgan fingerprint density at radius 1 is 1.05 bits per heavy atom. The van der Waals surface area contributed by atoms with E-state index in [1.807, 2.05) is 18.2 Å². The van der Waals surface area contributed by atoms with Crippen LogP contribution in [0, 0.1) is 0 Å². The summed E-state index contributed by atoms with van der Waals surface area (Å²) >= 11 is 0. The summed E-state index contributed by atoms with van der Waals surface area (Å²) in [5.41, 5.74) is 1.20. The summed E-state index contributed by atoms with van der Waals surface area (Å²) in [5.74, 6) is 0.701. The highest BCUT2D eigenvalue weighted by Crippen LogP contribution is 2.04. The molecule has 0 unspecified atom stereocenters. The highest BCUT2D eigenvalue weighted by atomic mass is 16.1. The molecule has 3 aromatic rings. The van der Waals surface area contributed by atoms with Crippen molar-refractivity contribution in [3.63, 3.8) is 0 Å². The molecular formula is C16H16N4O. The van der Waals surface area contributed by atoms with E-state index in [9.17, 15) is 4.79 Å². The Labute approximate surface area is 122 Å². The number of benzene rings is 1. The molecule has 0 fully saturated rings. The Balaban J connectivity index is 1.70. The summed E-state index contributed by atoms with van der Waals surface area (Å²) < 4.78 is 3.30. The Kier molecular flexibility index (Phi) is 3.91. The minimum absolute atomic E-state index is 0.0769. The van der Waals surface area contributed by atoms with Crippen molar-refractivity contribution in [2.75, 3.05) is 0 Å². The van der Waals surface area contributed by atoms with Crippen molar-refractivity contribution in [2.45, 2.75) is 19.4 Å². The molecule has 0 saturated carbocycles. The van der Waals surface area contributed by atoms with Crippen LogP contribution >= 0.6 is 0 Å². The van der Waals surface area contributed by atoms with Crippen LogP contribution in [0.15, 0.2) is 66.0 Å². The number of hydrogen-bond acceptors (Lipinski definition) is 3. The van der Waals surface area contributed by atoms with Gasteiger partial charge in [0, 0.05) is 25.0 Å². The van der Waals surface area contributed by atoms with Crippen molar-refractivity contribution < 1.29 is 0 Å². The van der Waals surface area contributed by atoms with E-state index < -0.39 is 0 Å². The number of hydrogen-bond donors (Lipinski definition) is 0. The van der Waals surface area contributed by atoms with Gasteiger partial charge < -0.3 is 0 Å². The molecule has 0 aliphatic carbocycles. The first-order valence-corrected chi connectivity index (χ1v) is 6.93. The van der Waals surface area contributed by atoms with Gasteiger partial charge >= 0.3 is 0 Å². The summed E-state index contributed by atoms with van der Waals surface area (Å²) in [6, 6.07) is 13.5. The second-order valence-electron chi connectivity index (χ2n) is 4.81. The molecule has 0 aliphatic rings. The van der Waals surface area contributed by atoms with E-state index in [1.165, 1.54) is 10.2 Å². The Morgan fingerprint density at radius 3 is 2.67 bits per heavy atom. The molecule has 0 bridgehead atoms. The van der Waals surface area contributed by atoms with Crippen molar-refractivity contribution in [3.05, 3.63) is 77.1 Å². The fourth-order valence-corrected chi connectivity index (χ4v) is 2.21. The fraction of sp³-hybridized carbons (Fsp3) is 0.188. The molecule has 0 spiro atoms. The summed E-state index contributed by atoms with van der Waals surface area (Å²) in [5, 5.41) is 4.37. The van der Waals surface area contributed by atoms with Crippen molar-refractivity contribution in [2.24, 2.45) is 0 Å². The van der Waals surface area contributed by atoms with Crippen LogP contribution in [0.25, 0.3) is 5.82 Å². The zero-order chi connectivity index (χ0) is 14.5. The number of imidazole rings is 1.